The average molecular weight is 437 g/mol. The lowest BCUT2D eigenvalue weighted by molar-refractivity contribution is -0.142. The van der Waals surface area contributed by atoms with Crippen molar-refractivity contribution in [2.24, 2.45) is 0 Å². The number of likely N-dealkylation sites (tertiary alicyclic amines) is 1. The summed E-state index contributed by atoms with van der Waals surface area (Å²) in [5.74, 6) is 0.127. The van der Waals surface area contributed by atoms with Crippen molar-refractivity contribution < 1.29 is 14.1 Å². The SMILES string of the molecule is C=CCN(CC(=O)N1CCCCC1c1nc(-c2cccc(Cl)c2)no1)C(=O)CCl. The van der Waals surface area contributed by atoms with Gasteiger partial charge < -0.3 is 14.3 Å². The first-order chi connectivity index (χ1) is 14.0. The fourth-order valence-electron chi connectivity index (χ4n) is 3.35. The molecular weight excluding hydrogens is 415 g/mol. The van der Waals surface area contributed by atoms with Crippen LogP contribution < -0.4 is 0 Å². The second kappa shape index (κ2) is 9.89. The van der Waals surface area contributed by atoms with Crippen LogP contribution in [0.3, 0.4) is 0 Å². The number of hydrogen-bond donors (Lipinski definition) is 0. The summed E-state index contributed by atoms with van der Waals surface area (Å²) < 4.78 is 5.48. The van der Waals surface area contributed by atoms with Crippen LogP contribution in [0.5, 0.6) is 0 Å². The van der Waals surface area contributed by atoms with E-state index in [1.807, 2.05) is 12.1 Å². The molecule has 7 nitrogen and oxygen atoms in total. The number of alkyl halides is 1. The van der Waals surface area contributed by atoms with Crippen LogP contribution in [-0.2, 0) is 9.59 Å². The van der Waals surface area contributed by atoms with Crippen LogP contribution >= 0.6 is 23.2 Å². The van der Waals surface area contributed by atoms with E-state index in [4.69, 9.17) is 27.7 Å². The van der Waals surface area contributed by atoms with Gasteiger partial charge in [0.15, 0.2) is 0 Å². The Labute approximate surface area is 179 Å². The molecule has 0 spiro atoms. The molecule has 0 aliphatic carbocycles. The molecule has 0 bridgehead atoms. The first-order valence-corrected chi connectivity index (χ1v) is 10.3. The molecule has 3 rings (SSSR count). The van der Waals surface area contributed by atoms with Crippen molar-refractivity contribution in [3.05, 3.63) is 47.8 Å². The second-order valence-corrected chi connectivity index (χ2v) is 7.47. The van der Waals surface area contributed by atoms with Crippen LogP contribution in [0.4, 0.5) is 0 Å². The van der Waals surface area contributed by atoms with Gasteiger partial charge >= 0.3 is 0 Å². The van der Waals surface area contributed by atoms with Gasteiger partial charge in [0.1, 0.15) is 18.5 Å². The van der Waals surface area contributed by atoms with Crippen molar-refractivity contribution in [1.82, 2.24) is 19.9 Å². The quantitative estimate of drug-likeness (QED) is 0.488. The lowest BCUT2D eigenvalue weighted by atomic mass is 10.0. The molecule has 2 aromatic rings. The third-order valence-electron chi connectivity index (χ3n) is 4.78. The third kappa shape index (κ3) is 5.16. The van der Waals surface area contributed by atoms with E-state index >= 15 is 0 Å². The maximum atomic E-state index is 13.0. The minimum absolute atomic E-state index is 0.0661. The van der Waals surface area contributed by atoms with E-state index < -0.39 is 0 Å². The monoisotopic (exact) mass is 436 g/mol. The Morgan fingerprint density at radius 3 is 2.93 bits per heavy atom. The fraction of sp³-hybridized carbons (Fsp3) is 0.400. The maximum absolute atomic E-state index is 13.0. The summed E-state index contributed by atoms with van der Waals surface area (Å²) >= 11 is 11.7. The zero-order valence-corrected chi connectivity index (χ0v) is 17.4. The molecule has 0 saturated carbocycles. The Kier molecular flexibility index (Phi) is 7.28. The van der Waals surface area contributed by atoms with Gasteiger partial charge in [-0.05, 0) is 31.4 Å². The number of hydrogen-bond acceptors (Lipinski definition) is 5. The standard InChI is InChI=1S/C20H22Cl2N4O3/c1-2-9-25(17(27)12-21)13-18(28)26-10-4-3-8-16(26)20-23-19(24-29-20)14-6-5-7-15(22)11-14/h2,5-7,11,16H,1,3-4,8-10,12-13H2. The molecule has 1 atom stereocenters. The average Bonchev–Trinajstić information content (AvgIpc) is 3.23. The van der Waals surface area contributed by atoms with Gasteiger partial charge in [-0.15, -0.1) is 18.2 Å². The van der Waals surface area contributed by atoms with Crippen LogP contribution in [0.15, 0.2) is 41.4 Å². The van der Waals surface area contributed by atoms with E-state index in [1.54, 1.807) is 23.1 Å². The predicted octanol–water partition coefficient (Wildman–Crippen LogP) is 3.70. The Morgan fingerprint density at radius 2 is 2.21 bits per heavy atom. The number of amides is 2. The number of rotatable bonds is 7. The lowest BCUT2D eigenvalue weighted by Gasteiger charge is -2.34. The van der Waals surface area contributed by atoms with Crippen molar-refractivity contribution in [2.45, 2.75) is 25.3 Å². The summed E-state index contributed by atoms with van der Waals surface area (Å²) in [6, 6.07) is 6.85. The highest BCUT2D eigenvalue weighted by molar-refractivity contribution is 6.30. The molecule has 2 heterocycles. The summed E-state index contributed by atoms with van der Waals surface area (Å²) in [6.07, 6.45) is 4.11. The minimum atomic E-state index is -0.326. The molecule has 1 unspecified atom stereocenters. The third-order valence-corrected chi connectivity index (χ3v) is 5.24. The van der Waals surface area contributed by atoms with Gasteiger partial charge in [-0.25, -0.2) is 0 Å². The van der Waals surface area contributed by atoms with Crippen LogP contribution in [-0.4, -0.2) is 57.3 Å². The van der Waals surface area contributed by atoms with E-state index in [0.717, 1.165) is 18.4 Å². The zero-order valence-electron chi connectivity index (χ0n) is 15.9. The van der Waals surface area contributed by atoms with Crippen molar-refractivity contribution in [3.8, 4) is 11.4 Å². The van der Waals surface area contributed by atoms with Crippen molar-refractivity contribution >= 4 is 35.0 Å². The first-order valence-electron chi connectivity index (χ1n) is 9.37. The van der Waals surface area contributed by atoms with E-state index in [-0.39, 0.29) is 36.8 Å². The van der Waals surface area contributed by atoms with E-state index in [2.05, 4.69) is 16.7 Å². The topological polar surface area (TPSA) is 79.5 Å². The van der Waals surface area contributed by atoms with Gasteiger partial charge in [0.2, 0.25) is 23.5 Å². The predicted molar refractivity (Wildman–Crippen MR) is 111 cm³/mol. The van der Waals surface area contributed by atoms with Crippen molar-refractivity contribution in [2.75, 3.05) is 25.5 Å². The fourth-order valence-corrected chi connectivity index (χ4v) is 3.71. The number of nitrogens with zero attached hydrogens (tertiary/aromatic N) is 4. The molecule has 0 radical (unpaired) electrons. The first kappa shape index (κ1) is 21.3. The van der Waals surface area contributed by atoms with Crippen LogP contribution in [0.1, 0.15) is 31.2 Å². The van der Waals surface area contributed by atoms with Crippen molar-refractivity contribution in [3.63, 3.8) is 0 Å². The smallest absolute Gasteiger partial charge is 0.249 e. The highest BCUT2D eigenvalue weighted by Gasteiger charge is 2.33. The van der Waals surface area contributed by atoms with Gasteiger partial charge in [-0.3, -0.25) is 9.59 Å². The Balaban J connectivity index is 1.78. The van der Waals surface area contributed by atoms with Gasteiger partial charge in [0, 0.05) is 23.7 Å². The summed E-state index contributed by atoms with van der Waals surface area (Å²) in [4.78, 5) is 32.5. The summed E-state index contributed by atoms with van der Waals surface area (Å²) in [7, 11) is 0. The molecule has 1 saturated heterocycles. The number of carbonyl (C=O) groups is 2. The molecule has 1 aliphatic heterocycles. The molecule has 1 aromatic carbocycles. The summed E-state index contributed by atoms with van der Waals surface area (Å²) in [6.45, 7) is 4.39. The van der Waals surface area contributed by atoms with Gasteiger partial charge in [-0.1, -0.05) is 35.0 Å². The van der Waals surface area contributed by atoms with Crippen LogP contribution in [0.2, 0.25) is 5.02 Å². The molecule has 9 heteroatoms. The minimum Gasteiger partial charge on any atom is -0.337 e. The number of aromatic nitrogens is 2. The molecule has 2 amide bonds. The highest BCUT2D eigenvalue weighted by Crippen LogP contribution is 2.31. The molecule has 1 aromatic heterocycles. The molecule has 154 valence electrons. The van der Waals surface area contributed by atoms with Gasteiger partial charge in [0.25, 0.3) is 0 Å². The molecule has 0 N–H and O–H groups in total. The van der Waals surface area contributed by atoms with Crippen LogP contribution in [0.25, 0.3) is 11.4 Å². The Bertz CT molecular complexity index is 886. The molecule has 29 heavy (non-hydrogen) atoms. The van der Waals surface area contributed by atoms with Gasteiger partial charge in [0.05, 0.1) is 0 Å². The van der Waals surface area contributed by atoms with E-state index in [1.165, 1.54) is 4.90 Å². The normalized spacial score (nSPS) is 16.5. The number of benzene rings is 1. The maximum Gasteiger partial charge on any atom is 0.249 e. The van der Waals surface area contributed by atoms with E-state index in [0.29, 0.717) is 29.7 Å². The second-order valence-electron chi connectivity index (χ2n) is 6.76. The summed E-state index contributed by atoms with van der Waals surface area (Å²) in [5, 5.41) is 4.63. The highest BCUT2D eigenvalue weighted by atomic mass is 35.5. The number of carbonyl (C=O) groups excluding carboxylic acids is 2. The molecular formula is C20H22Cl2N4O3. The lowest BCUT2D eigenvalue weighted by Crippen LogP contribution is -2.46. The zero-order chi connectivity index (χ0) is 20.8. The van der Waals surface area contributed by atoms with Gasteiger partial charge in [-0.2, -0.15) is 4.98 Å². The van der Waals surface area contributed by atoms with E-state index in [9.17, 15) is 9.59 Å². The Hall–Kier alpha value is -2.38. The Morgan fingerprint density at radius 1 is 1.38 bits per heavy atom. The molecule has 1 fully saturated rings. The largest absolute Gasteiger partial charge is 0.337 e. The van der Waals surface area contributed by atoms with Crippen LogP contribution in [0, 0.1) is 0 Å². The number of piperidine rings is 1. The van der Waals surface area contributed by atoms with Crippen molar-refractivity contribution in [1.29, 1.82) is 0 Å². The summed E-state index contributed by atoms with van der Waals surface area (Å²) in [5.41, 5.74) is 0.742. The number of halogens is 2. The molecule has 1 aliphatic rings.